The molecule has 3 aromatic rings. The summed E-state index contributed by atoms with van der Waals surface area (Å²) in [6, 6.07) is 12.2. The lowest BCUT2D eigenvalue weighted by Crippen LogP contribution is -2.57. The van der Waals surface area contributed by atoms with Gasteiger partial charge in [0.05, 0.1) is 6.61 Å². The lowest BCUT2D eigenvalue weighted by molar-refractivity contribution is -0.136. The monoisotopic (exact) mass is 489 g/mol. The number of piperidine rings is 1. The van der Waals surface area contributed by atoms with Gasteiger partial charge in [0.15, 0.2) is 0 Å². The summed E-state index contributed by atoms with van der Waals surface area (Å²) in [6.07, 6.45) is 8.59. The number of hydrogen-bond donors (Lipinski definition) is 0. The normalized spacial score (nSPS) is 18.2. The number of ether oxygens (including phenoxy) is 1. The first kappa shape index (κ1) is 24.5. The van der Waals surface area contributed by atoms with E-state index in [0.717, 1.165) is 38.0 Å². The fourth-order valence-electron chi connectivity index (χ4n) is 5.82. The Labute approximate surface area is 212 Å². The first-order chi connectivity index (χ1) is 17.5. The van der Waals surface area contributed by atoms with E-state index in [9.17, 15) is 9.59 Å². The number of imide groups is 1. The second-order valence-corrected chi connectivity index (χ2v) is 9.94. The number of rotatable bonds is 9. The Balaban J connectivity index is 1.27. The zero-order valence-corrected chi connectivity index (χ0v) is 21.2. The third-order valence-corrected chi connectivity index (χ3v) is 7.77. The van der Waals surface area contributed by atoms with Gasteiger partial charge in [-0.3, -0.25) is 19.6 Å². The van der Waals surface area contributed by atoms with Crippen molar-refractivity contribution in [2.75, 3.05) is 39.9 Å². The number of aromatic nitrogens is 2. The SMILES string of the molecule is COCCN1C(=O)N(CCCc2cccnc2)C(=O)C12CCN(Cc1cn(C)c3ccccc13)CC2. The fourth-order valence-corrected chi connectivity index (χ4v) is 5.82. The predicted octanol–water partition coefficient (Wildman–Crippen LogP) is 3.45. The predicted molar refractivity (Wildman–Crippen MR) is 138 cm³/mol. The van der Waals surface area contributed by atoms with Gasteiger partial charge in [0, 0.05) is 76.4 Å². The van der Waals surface area contributed by atoms with Gasteiger partial charge < -0.3 is 14.2 Å². The Morgan fingerprint density at radius 3 is 2.61 bits per heavy atom. The molecule has 0 atom stereocenters. The van der Waals surface area contributed by atoms with E-state index in [1.54, 1.807) is 18.2 Å². The quantitative estimate of drug-likeness (QED) is 0.431. The van der Waals surface area contributed by atoms with E-state index < -0.39 is 5.54 Å². The van der Waals surface area contributed by atoms with Crippen LogP contribution in [0.2, 0.25) is 0 Å². The second-order valence-electron chi connectivity index (χ2n) is 9.94. The Morgan fingerprint density at radius 1 is 1.06 bits per heavy atom. The Morgan fingerprint density at radius 2 is 1.86 bits per heavy atom. The van der Waals surface area contributed by atoms with Gasteiger partial charge >= 0.3 is 6.03 Å². The van der Waals surface area contributed by atoms with Crippen LogP contribution in [0.4, 0.5) is 4.79 Å². The molecular weight excluding hydrogens is 454 g/mol. The molecule has 2 aromatic heterocycles. The lowest BCUT2D eigenvalue weighted by atomic mass is 9.85. The van der Waals surface area contributed by atoms with Gasteiger partial charge in [0.2, 0.25) is 0 Å². The van der Waals surface area contributed by atoms with Crippen LogP contribution < -0.4 is 0 Å². The van der Waals surface area contributed by atoms with Gasteiger partial charge in [-0.15, -0.1) is 0 Å². The molecule has 1 aromatic carbocycles. The van der Waals surface area contributed by atoms with Crippen LogP contribution in [0.5, 0.6) is 0 Å². The van der Waals surface area contributed by atoms with E-state index in [0.29, 0.717) is 32.5 Å². The molecule has 0 unspecified atom stereocenters. The molecule has 8 nitrogen and oxygen atoms in total. The van der Waals surface area contributed by atoms with Crippen LogP contribution in [-0.2, 0) is 29.5 Å². The molecule has 4 heterocycles. The summed E-state index contributed by atoms with van der Waals surface area (Å²) in [4.78, 5) is 37.0. The van der Waals surface area contributed by atoms with Crippen LogP contribution in [0.25, 0.3) is 10.9 Å². The van der Waals surface area contributed by atoms with Crippen molar-refractivity contribution in [2.45, 2.75) is 37.8 Å². The van der Waals surface area contributed by atoms with Crippen molar-refractivity contribution < 1.29 is 14.3 Å². The van der Waals surface area contributed by atoms with Crippen molar-refractivity contribution in [3.05, 3.63) is 66.1 Å². The molecule has 2 saturated heterocycles. The average molecular weight is 490 g/mol. The number of pyridine rings is 1. The minimum atomic E-state index is -0.765. The molecular formula is C28H35N5O3. The molecule has 190 valence electrons. The summed E-state index contributed by atoms with van der Waals surface area (Å²) < 4.78 is 7.47. The zero-order valence-electron chi connectivity index (χ0n) is 21.2. The first-order valence-electron chi connectivity index (χ1n) is 12.8. The smallest absolute Gasteiger partial charge is 0.327 e. The molecule has 0 bridgehead atoms. The molecule has 1 spiro atoms. The average Bonchev–Trinajstić information content (AvgIpc) is 3.31. The molecule has 3 amide bonds. The highest BCUT2D eigenvalue weighted by molar-refractivity contribution is 6.07. The largest absolute Gasteiger partial charge is 0.383 e. The maximum atomic E-state index is 13.7. The van der Waals surface area contributed by atoms with Crippen LogP contribution in [0.1, 0.15) is 30.4 Å². The topological polar surface area (TPSA) is 70.9 Å². The lowest BCUT2D eigenvalue weighted by Gasteiger charge is -2.42. The molecule has 8 heteroatoms. The van der Waals surface area contributed by atoms with Gasteiger partial charge in [-0.2, -0.15) is 0 Å². The number of hydrogen-bond acceptors (Lipinski definition) is 5. The van der Waals surface area contributed by atoms with E-state index in [1.807, 2.05) is 18.3 Å². The number of amides is 3. The van der Waals surface area contributed by atoms with Crippen LogP contribution >= 0.6 is 0 Å². The fraction of sp³-hybridized carbons (Fsp3) is 0.464. The number of nitrogens with zero attached hydrogens (tertiary/aromatic N) is 5. The molecule has 2 aliphatic heterocycles. The highest BCUT2D eigenvalue weighted by atomic mass is 16.5. The van der Waals surface area contributed by atoms with E-state index in [4.69, 9.17) is 4.74 Å². The number of para-hydroxylation sites is 1. The van der Waals surface area contributed by atoms with Gasteiger partial charge in [0.1, 0.15) is 5.54 Å². The minimum absolute atomic E-state index is 0.0420. The van der Waals surface area contributed by atoms with Gasteiger partial charge in [0.25, 0.3) is 5.91 Å². The number of aryl methyl sites for hydroxylation is 2. The van der Waals surface area contributed by atoms with Crippen LogP contribution in [0, 0.1) is 0 Å². The summed E-state index contributed by atoms with van der Waals surface area (Å²) in [6.45, 7) is 3.67. The van der Waals surface area contributed by atoms with Crippen molar-refractivity contribution in [3.8, 4) is 0 Å². The molecule has 0 N–H and O–H groups in total. The van der Waals surface area contributed by atoms with Crippen molar-refractivity contribution in [3.63, 3.8) is 0 Å². The molecule has 5 rings (SSSR count). The third-order valence-electron chi connectivity index (χ3n) is 7.77. The first-order valence-corrected chi connectivity index (χ1v) is 12.8. The van der Waals surface area contributed by atoms with E-state index in [1.165, 1.54) is 21.4 Å². The summed E-state index contributed by atoms with van der Waals surface area (Å²) in [5.74, 6) is -0.0420. The number of fused-ring (bicyclic) bond motifs is 1. The standard InChI is InChI=1S/C28H35N5O3/c1-30-20-23(24-9-3-4-10-25(24)30)21-31-15-11-28(12-16-31)26(34)32(27(35)33(28)17-18-36-2)14-6-8-22-7-5-13-29-19-22/h3-5,7,9-10,13,19-20H,6,8,11-12,14-18,21H2,1-2H3. The van der Waals surface area contributed by atoms with E-state index in [2.05, 4.69) is 52.0 Å². The number of urea groups is 1. The van der Waals surface area contributed by atoms with Gasteiger partial charge in [-0.05, 0) is 48.9 Å². The summed E-state index contributed by atoms with van der Waals surface area (Å²) in [7, 11) is 3.71. The Kier molecular flexibility index (Phi) is 7.07. The molecule has 0 saturated carbocycles. The molecule has 36 heavy (non-hydrogen) atoms. The molecule has 2 fully saturated rings. The summed E-state index contributed by atoms with van der Waals surface area (Å²) in [5.41, 5.74) is 2.87. The van der Waals surface area contributed by atoms with Gasteiger partial charge in [-0.25, -0.2) is 4.79 Å². The highest BCUT2D eigenvalue weighted by Gasteiger charge is 2.57. The zero-order chi connectivity index (χ0) is 25.1. The maximum Gasteiger partial charge on any atom is 0.327 e. The maximum absolute atomic E-state index is 13.7. The number of carbonyl (C=O) groups is 2. The van der Waals surface area contributed by atoms with Gasteiger partial charge in [-0.1, -0.05) is 24.3 Å². The highest BCUT2D eigenvalue weighted by Crippen LogP contribution is 2.38. The molecule has 2 aliphatic rings. The molecule has 0 aliphatic carbocycles. The number of likely N-dealkylation sites (tertiary alicyclic amines) is 1. The van der Waals surface area contributed by atoms with Crippen LogP contribution in [0.15, 0.2) is 55.0 Å². The van der Waals surface area contributed by atoms with E-state index >= 15 is 0 Å². The van der Waals surface area contributed by atoms with Crippen molar-refractivity contribution in [1.29, 1.82) is 0 Å². The minimum Gasteiger partial charge on any atom is -0.383 e. The molecule has 0 radical (unpaired) electrons. The van der Waals surface area contributed by atoms with Crippen molar-refractivity contribution in [2.24, 2.45) is 7.05 Å². The Hall–Kier alpha value is -3.23. The van der Waals surface area contributed by atoms with Crippen molar-refractivity contribution >= 4 is 22.8 Å². The van der Waals surface area contributed by atoms with Crippen LogP contribution in [0.3, 0.4) is 0 Å². The third kappa shape index (κ3) is 4.51. The summed E-state index contributed by atoms with van der Waals surface area (Å²) >= 11 is 0. The number of carbonyl (C=O) groups excluding carboxylic acids is 2. The van der Waals surface area contributed by atoms with Crippen LogP contribution in [-0.4, -0.2) is 81.6 Å². The van der Waals surface area contributed by atoms with Crippen molar-refractivity contribution in [1.82, 2.24) is 24.3 Å². The second kappa shape index (κ2) is 10.4. The Bertz CT molecular complexity index is 1220. The summed E-state index contributed by atoms with van der Waals surface area (Å²) in [5, 5.41) is 1.27. The number of benzene rings is 1. The number of methoxy groups -OCH3 is 1. The van der Waals surface area contributed by atoms with E-state index in [-0.39, 0.29) is 11.9 Å².